The highest BCUT2D eigenvalue weighted by Gasteiger charge is 2.34. The Kier molecular flexibility index (Phi) is 10.2. The quantitative estimate of drug-likeness (QED) is 0.323. The molecule has 0 aliphatic rings. The van der Waals surface area contributed by atoms with Gasteiger partial charge in [-0.2, -0.15) is 0 Å². The van der Waals surface area contributed by atoms with Gasteiger partial charge in [-0.3, -0.25) is 13.9 Å². The van der Waals surface area contributed by atoms with Crippen LogP contribution in [0.1, 0.15) is 31.9 Å². The van der Waals surface area contributed by atoms with Crippen LogP contribution in [-0.4, -0.2) is 49.5 Å². The molecule has 0 heterocycles. The van der Waals surface area contributed by atoms with Crippen LogP contribution in [0.15, 0.2) is 83.3 Å². The lowest BCUT2D eigenvalue weighted by Crippen LogP contribution is -2.56. The summed E-state index contributed by atoms with van der Waals surface area (Å²) in [5.74, 6) is -0.840. The van der Waals surface area contributed by atoms with Gasteiger partial charge >= 0.3 is 0 Å². The topological polar surface area (TPSA) is 86.8 Å². The van der Waals surface area contributed by atoms with Crippen LogP contribution in [0.2, 0.25) is 5.02 Å². The smallest absolute Gasteiger partial charge is 0.244 e. The fourth-order valence-electron chi connectivity index (χ4n) is 4.06. The minimum absolute atomic E-state index is 0.103. The number of carbonyl (C=O) groups excluding carboxylic acids is 2. The van der Waals surface area contributed by atoms with Crippen LogP contribution in [0, 0.1) is 0 Å². The first-order valence-electron chi connectivity index (χ1n) is 12.4. The van der Waals surface area contributed by atoms with Crippen molar-refractivity contribution in [3.63, 3.8) is 0 Å². The number of rotatable bonds is 10. The van der Waals surface area contributed by atoms with Crippen molar-refractivity contribution in [2.75, 3.05) is 17.1 Å². The van der Waals surface area contributed by atoms with Crippen molar-refractivity contribution in [3.8, 4) is 0 Å². The van der Waals surface area contributed by atoms with Crippen LogP contribution in [0.4, 0.5) is 5.69 Å². The Hall–Kier alpha value is -2.88. The van der Waals surface area contributed by atoms with E-state index < -0.39 is 34.1 Å². The monoisotopic (exact) mass is 633 g/mol. The molecule has 0 aromatic heterocycles. The highest BCUT2D eigenvalue weighted by atomic mass is 79.9. The van der Waals surface area contributed by atoms with Crippen LogP contribution in [0.3, 0.4) is 0 Å². The molecule has 10 heteroatoms. The van der Waals surface area contributed by atoms with Gasteiger partial charge in [0.25, 0.3) is 0 Å². The largest absolute Gasteiger partial charge is 0.350 e. The van der Waals surface area contributed by atoms with Crippen molar-refractivity contribution in [1.82, 2.24) is 10.2 Å². The van der Waals surface area contributed by atoms with Gasteiger partial charge in [-0.25, -0.2) is 8.42 Å². The number of sulfonamides is 1. The molecule has 1 atom stereocenters. The second-order valence-corrected chi connectivity index (χ2v) is 13.6. The Bertz CT molecular complexity index is 1390. The molecule has 0 spiro atoms. The van der Waals surface area contributed by atoms with Gasteiger partial charge in [0.05, 0.1) is 11.9 Å². The van der Waals surface area contributed by atoms with Crippen molar-refractivity contribution >= 4 is 55.1 Å². The van der Waals surface area contributed by atoms with E-state index in [2.05, 4.69) is 21.2 Å². The standard InChI is InChI=1S/C29H33BrClN3O4S/c1-29(2,3)32-28(36)26(18-21-9-6-5-7-10-21)33(19-22-11-8-12-23(30)17-22)27(35)20-34(39(4,37)38)25-15-13-24(31)14-16-25/h5-17,26H,18-20H2,1-4H3,(H,32,36)/t26-/m0/s1. The Morgan fingerprint density at radius 2 is 1.56 bits per heavy atom. The van der Waals surface area contributed by atoms with E-state index in [0.717, 1.165) is 26.2 Å². The number of carbonyl (C=O) groups is 2. The number of hydrogen-bond acceptors (Lipinski definition) is 4. The molecule has 3 aromatic rings. The van der Waals surface area contributed by atoms with E-state index >= 15 is 0 Å². The molecule has 0 saturated carbocycles. The predicted octanol–water partition coefficient (Wildman–Crippen LogP) is 5.42. The maximum absolute atomic E-state index is 14.0. The molecule has 0 fully saturated rings. The molecule has 3 aromatic carbocycles. The third kappa shape index (κ3) is 9.37. The molecule has 1 N–H and O–H groups in total. The number of anilines is 1. The number of amides is 2. The maximum atomic E-state index is 14.0. The second kappa shape index (κ2) is 13.0. The van der Waals surface area contributed by atoms with Crippen LogP contribution in [-0.2, 0) is 32.6 Å². The molecule has 0 aliphatic carbocycles. The van der Waals surface area contributed by atoms with Crippen molar-refractivity contribution in [1.29, 1.82) is 0 Å². The van der Waals surface area contributed by atoms with E-state index in [-0.39, 0.29) is 18.9 Å². The third-order valence-corrected chi connectivity index (χ3v) is 7.69. The predicted molar refractivity (Wildman–Crippen MR) is 160 cm³/mol. The highest BCUT2D eigenvalue weighted by molar-refractivity contribution is 9.10. The SMILES string of the molecule is CC(C)(C)NC(=O)[C@H](Cc1ccccc1)N(Cc1cccc(Br)c1)C(=O)CN(c1ccc(Cl)cc1)S(C)(=O)=O. The van der Waals surface area contributed by atoms with Gasteiger partial charge in [0.2, 0.25) is 21.8 Å². The van der Waals surface area contributed by atoms with Crippen molar-refractivity contribution in [2.45, 2.75) is 45.3 Å². The van der Waals surface area contributed by atoms with E-state index in [1.807, 2.05) is 75.4 Å². The zero-order valence-corrected chi connectivity index (χ0v) is 25.6. The van der Waals surface area contributed by atoms with Crippen LogP contribution in [0.5, 0.6) is 0 Å². The molecule has 39 heavy (non-hydrogen) atoms. The molecular formula is C29H33BrClN3O4S. The summed E-state index contributed by atoms with van der Waals surface area (Å²) in [6.07, 6.45) is 1.30. The Labute approximate surface area is 244 Å². The van der Waals surface area contributed by atoms with Gasteiger partial charge in [0.15, 0.2) is 0 Å². The number of benzene rings is 3. The molecule has 0 bridgehead atoms. The average Bonchev–Trinajstić information content (AvgIpc) is 2.84. The lowest BCUT2D eigenvalue weighted by atomic mass is 10.0. The normalized spacial score (nSPS) is 12.5. The zero-order valence-electron chi connectivity index (χ0n) is 22.4. The van der Waals surface area contributed by atoms with E-state index in [1.165, 1.54) is 4.90 Å². The van der Waals surface area contributed by atoms with Crippen molar-refractivity contribution < 1.29 is 18.0 Å². The van der Waals surface area contributed by atoms with Gasteiger partial charge in [-0.1, -0.05) is 70.0 Å². The summed E-state index contributed by atoms with van der Waals surface area (Å²) in [7, 11) is -3.84. The van der Waals surface area contributed by atoms with E-state index in [9.17, 15) is 18.0 Å². The first-order valence-corrected chi connectivity index (χ1v) is 15.4. The lowest BCUT2D eigenvalue weighted by Gasteiger charge is -2.35. The first-order chi connectivity index (χ1) is 18.2. The second-order valence-electron chi connectivity index (χ2n) is 10.3. The van der Waals surface area contributed by atoms with Gasteiger partial charge in [-0.15, -0.1) is 0 Å². The Morgan fingerprint density at radius 1 is 0.949 bits per heavy atom. The summed E-state index contributed by atoms with van der Waals surface area (Å²) >= 11 is 9.47. The fourth-order valence-corrected chi connectivity index (χ4v) is 5.48. The minimum atomic E-state index is -3.84. The number of nitrogens with zero attached hydrogens (tertiary/aromatic N) is 2. The van der Waals surface area contributed by atoms with E-state index in [1.54, 1.807) is 24.3 Å². The number of halogens is 2. The zero-order chi connectivity index (χ0) is 28.8. The number of nitrogens with one attached hydrogen (secondary N) is 1. The molecule has 7 nitrogen and oxygen atoms in total. The summed E-state index contributed by atoms with van der Waals surface area (Å²) in [6.45, 7) is 5.23. The number of hydrogen-bond donors (Lipinski definition) is 1. The molecule has 0 aliphatic heterocycles. The van der Waals surface area contributed by atoms with Gasteiger partial charge in [0.1, 0.15) is 12.6 Å². The third-order valence-electron chi connectivity index (χ3n) is 5.81. The summed E-state index contributed by atoms with van der Waals surface area (Å²) in [5.41, 5.74) is 1.42. The maximum Gasteiger partial charge on any atom is 0.244 e. The molecule has 0 unspecified atom stereocenters. The average molecular weight is 635 g/mol. The van der Waals surface area contributed by atoms with E-state index in [0.29, 0.717) is 10.7 Å². The van der Waals surface area contributed by atoms with E-state index in [4.69, 9.17) is 11.6 Å². The first kappa shape index (κ1) is 30.7. The van der Waals surface area contributed by atoms with Gasteiger partial charge in [-0.05, 0) is 68.3 Å². The Morgan fingerprint density at radius 3 is 2.13 bits per heavy atom. The molecule has 3 rings (SSSR count). The summed E-state index contributed by atoms with van der Waals surface area (Å²) in [4.78, 5) is 29.2. The van der Waals surface area contributed by atoms with Crippen molar-refractivity contribution in [3.05, 3.63) is 99.5 Å². The van der Waals surface area contributed by atoms with Crippen LogP contribution < -0.4 is 9.62 Å². The Balaban J connectivity index is 2.07. The summed E-state index contributed by atoms with van der Waals surface area (Å²) < 4.78 is 27.4. The van der Waals surface area contributed by atoms with Gasteiger partial charge < -0.3 is 10.2 Å². The summed E-state index contributed by atoms with van der Waals surface area (Å²) in [6, 6.07) is 22.2. The minimum Gasteiger partial charge on any atom is -0.350 e. The lowest BCUT2D eigenvalue weighted by molar-refractivity contribution is -0.140. The fraction of sp³-hybridized carbons (Fsp3) is 0.310. The van der Waals surface area contributed by atoms with Crippen molar-refractivity contribution in [2.24, 2.45) is 0 Å². The molecule has 0 radical (unpaired) electrons. The van der Waals surface area contributed by atoms with Gasteiger partial charge in [0, 0.05) is 28.0 Å². The molecule has 2 amide bonds. The molecular weight excluding hydrogens is 602 g/mol. The van der Waals surface area contributed by atoms with Crippen LogP contribution in [0.25, 0.3) is 0 Å². The summed E-state index contributed by atoms with van der Waals surface area (Å²) in [5, 5.41) is 3.45. The highest BCUT2D eigenvalue weighted by Crippen LogP contribution is 2.23. The molecule has 0 saturated heterocycles. The van der Waals surface area contributed by atoms with Crippen LogP contribution >= 0.6 is 27.5 Å². The molecule has 208 valence electrons.